The summed E-state index contributed by atoms with van der Waals surface area (Å²) < 4.78 is 11.4. The quantitative estimate of drug-likeness (QED) is 0.654. The van der Waals surface area contributed by atoms with Gasteiger partial charge < -0.3 is 9.47 Å². The Morgan fingerprint density at radius 3 is 2.63 bits per heavy atom. The first-order valence-electron chi connectivity index (χ1n) is 7.48. The van der Waals surface area contributed by atoms with Crippen molar-refractivity contribution in [3.63, 3.8) is 0 Å². The molecule has 1 fully saturated rings. The van der Waals surface area contributed by atoms with Gasteiger partial charge in [-0.1, -0.05) is 44.2 Å². The molecule has 0 saturated carbocycles. The van der Waals surface area contributed by atoms with Crippen molar-refractivity contribution < 1.29 is 9.47 Å². The maximum atomic E-state index is 5.75. The molecule has 2 nitrogen and oxygen atoms in total. The first-order valence-corrected chi connectivity index (χ1v) is 7.48. The predicted molar refractivity (Wildman–Crippen MR) is 78.1 cm³/mol. The van der Waals surface area contributed by atoms with Crippen molar-refractivity contribution in [2.24, 2.45) is 5.41 Å². The Labute approximate surface area is 117 Å². The standard InChI is InChI=1S/C17H26O2/c1-3-17(2,16-10-13-19-16)11-7-12-18-14-15-8-5-4-6-9-15/h4-6,8-9,16H,3,7,10-14H2,1-2H3. The Morgan fingerprint density at radius 1 is 1.32 bits per heavy atom. The molecule has 1 aromatic carbocycles. The smallest absolute Gasteiger partial charge is 0.0716 e. The minimum absolute atomic E-state index is 0.342. The lowest BCUT2D eigenvalue weighted by Gasteiger charge is -2.42. The molecular formula is C17H26O2. The molecule has 0 N–H and O–H groups in total. The van der Waals surface area contributed by atoms with E-state index in [1.54, 1.807) is 0 Å². The fraction of sp³-hybridized carbons (Fsp3) is 0.647. The van der Waals surface area contributed by atoms with Crippen molar-refractivity contribution >= 4 is 0 Å². The fourth-order valence-corrected chi connectivity index (χ4v) is 2.69. The lowest BCUT2D eigenvalue weighted by molar-refractivity contribution is -0.127. The van der Waals surface area contributed by atoms with E-state index in [0.717, 1.165) is 26.2 Å². The van der Waals surface area contributed by atoms with Crippen LogP contribution in [0, 0.1) is 5.41 Å². The van der Waals surface area contributed by atoms with Gasteiger partial charge in [-0.3, -0.25) is 0 Å². The van der Waals surface area contributed by atoms with Gasteiger partial charge in [-0.15, -0.1) is 0 Å². The van der Waals surface area contributed by atoms with Crippen LogP contribution in [0.5, 0.6) is 0 Å². The molecule has 106 valence electrons. The zero-order chi connectivity index (χ0) is 13.6. The third-order valence-electron chi connectivity index (χ3n) is 4.43. The van der Waals surface area contributed by atoms with Crippen LogP contribution in [0.25, 0.3) is 0 Å². The second-order valence-corrected chi connectivity index (χ2v) is 5.80. The van der Waals surface area contributed by atoms with Gasteiger partial charge in [0.25, 0.3) is 0 Å². The van der Waals surface area contributed by atoms with Gasteiger partial charge in [-0.05, 0) is 36.7 Å². The Balaban J connectivity index is 1.63. The molecule has 0 spiro atoms. The molecule has 0 aromatic heterocycles. The maximum Gasteiger partial charge on any atom is 0.0716 e. The van der Waals surface area contributed by atoms with Crippen LogP contribution in [-0.2, 0) is 16.1 Å². The monoisotopic (exact) mass is 262 g/mol. The first-order chi connectivity index (χ1) is 9.24. The van der Waals surface area contributed by atoms with E-state index in [2.05, 4.69) is 38.1 Å². The fourth-order valence-electron chi connectivity index (χ4n) is 2.69. The van der Waals surface area contributed by atoms with Crippen molar-refractivity contribution in [3.8, 4) is 0 Å². The summed E-state index contributed by atoms with van der Waals surface area (Å²) in [4.78, 5) is 0. The van der Waals surface area contributed by atoms with E-state index in [0.29, 0.717) is 11.5 Å². The van der Waals surface area contributed by atoms with E-state index in [4.69, 9.17) is 9.47 Å². The highest BCUT2D eigenvalue weighted by atomic mass is 16.5. The van der Waals surface area contributed by atoms with Crippen LogP contribution in [0.2, 0.25) is 0 Å². The number of rotatable bonds is 8. The van der Waals surface area contributed by atoms with Gasteiger partial charge in [0.15, 0.2) is 0 Å². The normalized spacial score (nSPS) is 21.7. The van der Waals surface area contributed by atoms with E-state index < -0.39 is 0 Å². The van der Waals surface area contributed by atoms with Crippen LogP contribution >= 0.6 is 0 Å². The molecule has 2 heteroatoms. The summed E-state index contributed by atoms with van der Waals surface area (Å²) in [6.07, 6.45) is 5.22. The second-order valence-electron chi connectivity index (χ2n) is 5.80. The molecule has 2 rings (SSSR count). The van der Waals surface area contributed by atoms with Crippen molar-refractivity contribution in [3.05, 3.63) is 35.9 Å². The van der Waals surface area contributed by atoms with Crippen molar-refractivity contribution in [1.29, 1.82) is 0 Å². The summed E-state index contributed by atoms with van der Waals surface area (Å²) in [5.74, 6) is 0. The molecule has 1 saturated heterocycles. The SMILES string of the molecule is CCC(C)(CCCOCc1ccccc1)C1CCO1. The number of ether oxygens (including phenoxy) is 2. The lowest BCUT2D eigenvalue weighted by atomic mass is 9.75. The van der Waals surface area contributed by atoms with Gasteiger partial charge in [0.1, 0.15) is 0 Å². The molecule has 1 heterocycles. The summed E-state index contributed by atoms with van der Waals surface area (Å²) in [6.45, 7) is 7.14. The van der Waals surface area contributed by atoms with Crippen molar-refractivity contribution in [2.45, 2.75) is 52.2 Å². The molecule has 2 unspecified atom stereocenters. The number of hydrogen-bond donors (Lipinski definition) is 0. The van der Waals surface area contributed by atoms with E-state index in [-0.39, 0.29) is 0 Å². The highest BCUT2D eigenvalue weighted by Gasteiger charge is 2.37. The molecule has 0 bridgehead atoms. The van der Waals surface area contributed by atoms with Crippen molar-refractivity contribution in [1.82, 2.24) is 0 Å². The van der Waals surface area contributed by atoms with E-state index in [1.807, 2.05) is 6.07 Å². The third-order valence-corrected chi connectivity index (χ3v) is 4.43. The minimum atomic E-state index is 0.342. The average molecular weight is 262 g/mol. The highest BCUT2D eigenvalue weighted by molar-refractivity contribution is 5.13. The summed E-state index contributed by atoms with van der Waals surface area (Å²) >= 11 is 0. The van der Waals surface area contributed by atoms with Gasteiger partial charge in [0.2, 0.25) is 0 Å². The summed E-state index contributed by atoms with van der Waals surface area (Å²) in [5, 5.41) is 0. The Hall–Kier alpha value is -0.860. The van der Waals surface area contributed by atoms with Gasteiger partial charge in [-0.2, -0.15) is 0 Å². The Kier molecular flexibility index (Phi) is 5.41. The van der Waals surface area contributed by atoms with Gasteiger partial charge in [0, 0.05) is 13.2 Å². The number of hydrogen-bond acceptors (Lipinski definition) is 2. The Morgan fingerprint density at radius 2 is 2.05 bits per heavy atom. The topological polar surface area (TPSA) is 18.5 Å². The summed E-state index contributed by atoms with van der Waals surface area (Å²) in [7, 11) is 0. The Bertz CT molecular complexity index is 359. The van der Waals surface area contributed by atoms with E-state index in [9.17, 15) is 0 Å². The largest absolute Gasteiger partial charge is 0.377 e. The van der Waals surface area contributed by atoms with Crippen LogP contribution in [0.15, 0.2) is 30.3 Å². The summed E-state index contributed by atoms with van der Waals surface area (Å²) in [6, 6.07) is 10.4. The first kappa shape index (κ1) is 14.5. The molecule has 0 aliphatic carbocycles. The molecule has 0 amide bonds. The van der Waals surface area contributed by atoms with Gasteiger partial charge >= 0.3 is 0 Å². The van der Waals surface area contributed by atoms with Crippen LogP contribution in [0.1, 0.15) is 45.1 Å². The third kappa shape index (κ3) is 4.05. The van der Waals surface area contributed by atoms with Gasteiger partial charge in [0.05, 0.1) is 12.7 Å². The molecule has 1 aliphatic rings. The zero-order valence-electron chi connectivity index (χ0n) is 12.2. The number of benzene rings is 1. The van der Waals surface area contributed by atoms with Crippen LogP contribution in [0.3, 0.4) is 0 Å². The molecular weight excluding hydrogens is 236 g/mol. The summed E-state index contributed by atoms with van der Waals surface area (Å²) in [5.41, 5.74) is 1.59. The maximum absolute atomic E-state index is 5.75. The van der Waals surface area contributed by atoms with Crippen LogP contribution in [0.4, 0.5) is 0 Å². The van der Waals surface area contributed by atoms with E-state index in [1.165, 1.54) is 24.8 Å². The van der Waals surface area contributed by atoms with E-state index >= 15 is 0 Å². The second kappa shape index (κ2) is 7.06. The highest BCUT2D eigenvalue weighted by Crippen LogP contribution is 2.38. The lowest BCUT2D eigenvalue weighted by Crippen LogP contribution is -2.42. The van der Waals surface area contributed by atoms with Crippen molar-refractivity contribution in [2.75, 3.05) is 13.2 Å². The molecule has 0 radical (unpaired) electrons. The van der Waals surface area contributed by atoms with Crippen LogP contribution in [-0.4, -0.2) is 19.3 Å². The van der Waals surface area contributed by atoms with Crippen LogP contribution < -0.4 is 0 Å². The molecule has 2 atom stereocenters. The zero-order valence-corrected chi connectivity index (χ0v) is 12.2. The molecule has 1 aliphatic heterocycles. The predicted octanol–water partition coefficient (Wildman–Crippen LogP) is 4.19. The van der Waals surface area contributed by atoms with Gasteiger partial charge in [-0.25, -0.2) is 0 Å². The molecule has 1 aromatic rings. The minimum Gasteiger partial charge on any atom is -0.377 e. The average Bonchev–Trinajstić information content (AvgIpc) is 2.37. The molecule has 19 heavy (non-hydrogen) atoms.